The van der Waals surface area contributed by atoms with Gasteiger partial charge in [0, 0.05) is 12.1 Å². The van der Waals surface area contributed by atoms with Gasteiger partial charge in [0.2, 0.25) is 0 Å². The van der Waals surface area contributed by atoms with E-state index >= 15 is 0 Å². The van der Waals surface area contributed by atoms with Crippen LogP contribution in [0.25, 0.3) is 0 Å². The maximum absolute atomic E-state index is 10.7. The molecule has 1 aliphatic rings. The molecule has 0 saturated heterocycles. The van der Waals surface area contributed by atoms with Crippen LogP contribution in [0.3, 0.4) is 0 Å². The summed E-state index contributed by atoms with van der Waals surface area (Å²) in [4.78, 5) is 10.7. The SMILES string of the molecule is O=Cc1cc2c(cc1CO)CNCC2. The Morgan fingerprint density at radius 3 is 3.00 bits per heavy atom. The van der Waals surface area contributed by atoms with E-state index in [0.29, 0.717) is 5.56 Å². The van der Waals surface area contributed by atoms with Crippen molar-refractivity contribution in [1.82, 2.24) is 5.32 Å². The lowest BCUT2D eigenvalue weighted by Crippen LogP contribution is -2.24. The predicted octanol–water partition coefficient (Wildman–Crippen LogP) is 0.637. The summed E-state index contributed by atoms with van der Waals surface area (Å²) in [5, 5.41) is 12.3. The molecule has 2 N–H and O–H groups in total. The van der Waals surface area contributed by atoms with Crippen molar-refractivity contribution >= 4 is 6.29 Å². The van der Waals surface area contributed by atoms with Crippen molar-refractivity contribution in [2.75, 3.05) is 6.54 Å². The zero-order chi connectivity index (χ0) is 9.97. The van der Waals surface area contributed by atoms with E-state index < -0.39 is 0 Å². The molecule has 2 rings (SSSR count). The van der Waals surface area contributed by atoms with E-state index in [2.05, 4.69) is 5.32 Å². The summed E-state index contributed by atoms with van der Waals surface area (Å²) >= 11 is 0. The number of fused-ring (bicyclic) bond motifs is 1. The molecule has 0 amide bonds. The standard InChI is InChI=1S/C11H13NO2/c13-6-10-3-8-1-2-12-5-9(8)4-11(10)7-14/h3-4,6,12,14H,1-2,5,7H2. The highest BCUT2D eigenvalue weighted by atomic mass is 16.3. The number of rotatable bonds is 2. The molecule has 0 fully saturated rings. The first kappa shape index (κ1) is 9.37. The fourth-order valence-corrected chi connectivity index (χ4v) is 1.85. The fourth-order valence-electron chi connectivity index (χ4n) is 1.85. The number of nitrogens with one attached hydrogen (secondary N) is 1. The predicted molar refractivity (Wildman–Crippen MR) is 53.2 cm³/mol. The van der Waals surface area contributed by atoms with Gasteiger partial charge in [-0.15, -0.1) is 0 Å². The minimum atomic E-state index is -0.0681. The highest BCUT2D eigenvalue weighted by Crippen LogP contribution is 2.19. The molecule has 74 valence electrons. The number of benzene rings is 1. The summed E-state index contributed by atoms with van der Waals surface area (Å²) in [6.45, 7) is 1.73. The molecular formula is C11H13NO2. The average molecular weight is 191 g/mol. The molecule has 1 aliphatic heterocycles. The number of carbonyl (C=O) groups excluding carboxylic acids is 1. The molecular weight excluding hydrogens is 178 g/mol. The largest absolute Gasteiger partial charge is 0.392 e. The first-order chi connectivity index (χ1) is 6.85. The van der Waals surface area contributed by atoms with Crippen LogP contribution in [0.2, 0.25) is 0 Å². The van der Waals surface area contributed by atoms with Crippen LogP contribution in [0, 0.1) is 0 Å². The summed E-state index contributed by atoms with van der Waals surface area (Å²) in [6, 6.07) is 3.82. The molecule has 0 radical (unpaired) electrons. The lowest BCUT2D eigenvalue weighted by Gasteiger charge is -2.18. The van der Waals surface area contributed by atoms with Gasteiger partial charge in [-0.2, -0.15) is 0 Å². The molecule has 3 heteroatoms. The van der Waals surface area contributed by atoms with Gasteiger partial charge in [-0.05, 0) is 35.7 Å². The van der Waals surface area contributed by atoms with Crippen LogP contribution in [0.5, 0.6) is 0 Å². The molecule has 0 bridgehead atoms. The molecule has 0 saturated carbocycles. The summed E-state index contributed by atoms with van der Waals surface area (Å²) in [5.41, 5.74) is 3.77. The van der Waals surface area contributed by atoms with Gasteiger partial charge < -0.3 is 10.4 Å². The maximum Gasteiger partial charge on any atom is 0.150 e. The molecule has 0 unspecified atom stereocenters. The lowest BCUT2D eigenvalue weighted by molar-refractivity contribution is 0.112. The van der Waals surface area contributed by atoms with Gasteiger partial charge in [-0.25, -0.2) is 0 Å². The van der Waals surface area contributed by atoms with Crippen LogP contribution in [0.15, 0.2) is 12.1 Å². The summed E-state index contributed by atoms with van der Waals surface area (Å²) in [7, 11) is 0. The fraction of sp³-hybridized carbons (Fsp3) is 0.364. The smallest absolute Gasteiger partial charge is 0.150 e. The third-order valence-electron chi connectivity index (χ3n) is 2.65. The van der Waals surface area contributed by atoms with E-state index in [-0.39, 0.29) is 6.61 Å². The summed E-state index contributed by atoms with van der Waals surface area (Å²) in [5.74, 6) is 0. The van der Waals surface area contributed by atoms with Gasteiger partial charge in [-0.3, -0.25) is 4.79 Å². The van der Waals surface area contributed by atoms with Crippen LogP contribution in [0.4, 0.5) is 0 Å². The van der Waals surface area contributed by atoms with Gasteiger partial charge in [0.1, 0.15) is 6.29 Å². The van der Waals surface area contributed by atoms with Crippen LogP contribution in [-0.2, 0) is 19.6 Å². The molecule has 0 aromatic heterocycles. The number of aliphatic hydroxyl groups excluding tert-OH is 1. The monoisotopic (exact) mass is 191 g/mol. The van der Waals surface area contributed by atoms with Crippen molar-refractivity contribution < 1.29 is 9.90 Å². The molecule has 0 spiro atoms. The number of hydrogen-bond donors (Lipinski definition) is 2. The Kier molecular flexibility index (Phi) is 2.61. The number of aliphatic hydroxyl groups is 1. The Hall–Kier alpha value is -1.19. The summed E-state index contributed by atoms with van der Waals surface area (Å²) < 4.78 is 0. The van der Waals surface area contributed by atoms with Crippen molar-refractivity contribution in [3.05, 3.63) is 34.4 Å². The van der Waals surface area contributed by atoms with Crippen LogP contribution in [0.1, 0.15) is 27.0 Å². The molecule has 1 aromatic carbocycles. The average Bonchev–Trinajstić information content (AvgIpc) is 2.27. The zero-order valence-corrected chi connectivity index (χ0v) is 7.92. The molecule has 1 aromatic rings. The second-order valence-electron chi connectivity index (χ2n) is 3.52. The molecule has 0 atom stereocenters. The van der Waals surface area contributed by atoms with E-state index in [1.165, 1.54) is 11.1 Å². The molecule has 0 aliphatic carbocycles. The van der Waals surface area contributed by atoms with E-state index in [9.17, 15) is 4.79 Å². The lowest BCUT2D eigenvalue weighted by atomic mass is 9.95. The molecule has 14 heavy (non-hydrogen) atoms. The number of aldehydes is 1. The van der Waals surface area contributed by atoms with Gasteiger partial charge >= 0.3 is 0 Å². The Bertz CT molecular complexity index is 361. The summed E-state index contributed by atoms with van der Waals surface area (Å²) in [6.07, 6.45) is 1.77. The Balaban J connectivity index is 2.48. The maximum atomic E-state index is 10.7. The van der Waals surface area contributed by atoms with Crippen molar-refractivity contribution in [3.8, 4) is 0 Å². The first-order valence-electron chi connectivity index (χ1n) is 4.76. The van der Waals surface area contributed by atoms with Gasteiger partial charge in [0.15, 0.2) is 0 Å². The number of hydrogen-bond acceptors (Lipinski definition) is 3. The van der Waals surface area contributed by atoms with E-state index in [4.69, 9.17) is 5.11 Å². The Morgan fingerprint density at radius 2 is 2.29 bits per heavy atom. The topological polar surface area (TPSA) is 49.3 Å². The van der Waals surface area contributed by atoms with Crippen LogP contribution < -0.4 is 5.32 Å². The normalized spacial score (nSPS) is 14.9. The third kappa shape index (κ3) is 1.56. The van der Waals surface area contributed by atoms with Gasteiger partial charge in [-0.1, -0.05) is 6.07 Å². The van der Waals surface area contributed by atoms with Crippen molar-refractivity contribution in [2.45, 2.75) is 19.6 Å². The van der Waals surface area contributed by atoms with E-state index in [1.54, 1.807) is 0 Å². The minimum Gasteiger partial charge on any atom is -0.392 e. The zero-order valence-electron chi connectivity index (χ0n) is 7.92. The van der Waals surface area contributed by atoms with Gasteiger partial charge in [0.25, 0.3) is 0 Å². The van der Waals surface area contributed by atoms with Crippen molar-refractivity contribution in [3.63, 3.8) is 0 Å². The number of carbonyl (C=O) groups is 1. The Labute approximate surface area is 82.8 Å². The van der Waals surface area contributed by atoms with Crippen molar-refractivity contribution in [2.24, 2.45) is 0 Å². The molecule has 1 heterocycles. The second-order valence-corrected chi connectivity index (χ2v) is 3.52. The van der Waals surface area contributed by atoms with Crippen molar-refractivity contribution in [1.29, 1.82) is 0 Å². The minimum absolute atomic E-state index is 0.0681. The highest BCUT2D eigenvalue weighted by molar-refractivity contribution is 5.78. The second kappa shape index (κ2) is 3.90. The van der Waals surface area contributed by atoms with E-state index in [1.807, 2.05) is 12.1 Å². The first-order valence-corrected chi connectivity index (χ1v) is 4.76. The van der Waals surface area contributed by atoms with E-state index in [0.717, 1.165) is 31.4 Å². The van der Waals surface area contributed by atoms with Gasteiger partial charge in [0.05, 0.1) is 6.61 Å². The molecule has 3 nitrogen and oxygen atoms in total. The third-order valence-corrected chi connectivity index (χ3v) is 2.65. The highest BCUT2D eigenvalue weighted by Gasteiger charge is 2.11. The Morgan fingerprint density at radius 1 is 1.43 bits per heavy atom. The van der Waals surface area contributed by atoms with Crippen LogP contribution >= 0.6 is 0 Å². The quantitative estimate of drug-likeness (QED) is 0.674. The van der Waals surface area contributed by atoms with Crippen LogP contribution in [-0.4, -0.2) is 17.9 Å².